The van der Waals surface area contributed by atoms with Crippen molar-refractivity contribution in [3.8, 4) is 0 Å². The van der Waals surface area contributed by atoms with Crippen LogP contribution in [0, 0.1) is 0 Å². The summed E-state index contributed by atoms with van der Waals surface area (Å²) in [5.41, 5.74) is 0.624. The molecule has 0 aliphatic carbocycles. The Hall–Kier alpha value is -1.37. The molecule has 1 aliphatic rings. The highest BCUT2D eigenvalue weighted by Crippen LogP contribution is 2.13. The summed E-state index contributed by atoms with van der Waals surface area (Å²) in [6.07, 6.45) is 1.36. The normalized spacial score (nSPS) is 22.7. The molecule has 2 rings (SSSR count). The van der Waals surface area contributed by atoms with E-state index in [2.05, 4.69) is 5.32 Å². The Kier molecular flexibility index (Phi) is 4.57. The second-order valence-corrected chi connectivity index (χ2v) is 4.79. The van der Waals surface area contributed by atoms with Gasteiger partial charge in [-0.3, -0.25) is 4.79 Å². The first-order valence-electron chi connectivity index (χ1n) is 6.45. The van der Waals surface area contributed by atoms with Crippen molar-refractivity contribution in [3.63, 3.8) is 0 Å². The van der Waals surface area contributed by atoms with Gasteiger partial charge in [-0.2, -0.15) is 0 Å². The molecule has 1 saturated heterocycles. The number of ether oxygens (including phenoxy) is 1. The van der Waals surface area contributed by atoms with E-state index < -0.39 is 6.10 Å². The van der Waals surface area contributed by atoms with Gasteiger partial charge in [0.15, 0.2) is 0 Å². The van der Waals surface area contributed by atoms with Crippen molar-refractivity contribution in [1.29, 1.82) is 0 Å². The van der Waals surface area contributed by atoms with Gasteiger partial charge >= 0.3 is 0 Å². The lowest BCUT2D eigenvalue weighted by molar-refractivity contribution is 0.0569. The van der Waals surface area contributed by atoms with Crippen LogP contribution in [0.3, 0.4) is 0 Å². The Labute approximate surface area is 113 Å². The number of likely N-dealkylation sites (N-methyl/N-ethyl adjacent to an activating group) is 1. The molecular formula is C13H21N3O3. The molecule has 1 aliphatic heterocycles. The van der Waals surface area contributed by atoms with E-state index in [1.54, 1.807) is 25.1 Å². The van der Waals surface area contributed by atoms with Gasteiger partial charge in [-0.1, -0.05) is 0 Å². The van der Waals surface area contributed by atoms with Crippen molar-refractivity contribution in [3.05, 3.63) is 24.0 Å². The average molecular weight is 267 g/mol. The first-order valence-corrected chi connectivity index (χ1v) is 6.45. The van der Waals surface area contributed by atoms with E-state index in [-0.39, 0.29) is 11.9 Å². The lowest BCUT2D eigenvalue weighted by atomic mass is 10.2. The summed E-state index contributed by atoms with van der Waals surface area (Å²) < 4.78 is 6.90. The third-order valence-corrected chi connectivity index (χ3v) is 3.55. The molecular weight excluding hydrogens is 246 g/mol. The van der Waals surface area contributed by atoms with Gasteiger partial charge in [0.25, 0.3) is 5.91 Å². The minimum Gasteiger partial charge on any atom is -0.390 e. The molecule has 0 spiro atoms. The maximum absolute atomic E-state index is 12.4. The highest BCUT2D eigenvalue weighted by Gasteiger charge is 2.32. The number of hydrogen-bond donors (Lipinski definition) is 2. The smallest absolute Gasteiger partial charge is 0.270 e. The molecule has 0 aromatic carbocycles. The van der Waals surface area contributed by atoms with Gasteiger partial charge in [0.2, 0.25) is 0 Å². The second-order valence-electron chi connectivity index (χ2n) is 4.79. The molecule has 6 nitrogen and oxygen atoms in total. The average Bonchev–Trinajstić information content (AvgIpc) is 3.03. The van der Waals surface area contributed by atoms with E-state index in [0.717, 1.165) is 0 Å². The molecule has 19 heavy (non-hydrogen) atoms. The van der Waals surface area contributed by atoms with Crippen molar-refractivity contribution >= 4 is 5.91 Å². The lowest BCUT2D eigenvalue weighted by Gasteiger charge is -2.26. The number of nitrogens with zero attached hydrogens (tertiary/aromatic N) is 2. The molecule has 1 fully saturated rings. The number of methoxy groups -OCH3 is 1. The second kappa shape index (κ2) is 6.18. The van der Waals surface area contributed by atoms with Crippen LogP contribution in [-0.2, 0) is 11.3 Å². The van der Waals surface area contributed by atoms with Gasteiger partial charge < -0.3 is 24.6 Å². The van der Waals surface area contributed by atoms with Gasteiger partial charge in [-0.25, -0.2) is 0 Å². The van der Waals surface area contributed by atoms with Crippen LogP contribution in [0.25, 0.3) is 0 Å². The molecule has 1 amide bonds. The van der Waals surface area contributed by atoms with Crippen LogP contribution in [0.15, 0.2) is 18.3 Å². The van der Waals surface area contributed by atoms with Crippen LogP contribution in [0.5, 0.6) is 0 Å². The fourth-order valence-corrected chi connectivity index (χ4v) is 2.37. The molecule has 6 heteroatoms. The van der Waals surface area contributed by atoms with E-state index in [0.29, 0.717) is 31.9 Å². The number of aliphatic hydroxyl groups excluding tert-OH is 1. The summed E-state index contributed by atoms with van der Waals surface area (Å²) in [5, 5.41) is 12.9. The van der Waals surface area contributed by atoms with E-state index in [4.69, 9.17) is 4.74 Å². The molecule has 0 unspecified atom stereocenters. The maximum atomic E-state index is 12.4. The van der Waals surface area contributed by atoms with Crippen molar-refractivity contribution in [2.75, 3.05) is 33.9 Å². The summed E-state index contributed by atoms with van der Waals surface area (Å²) in [7, 11) is 3.37. The van der Waals surface area contributed by atoms with Crippen LogP contribution in [0.4, 0.5) is 0 Å². The summed E-state index contributed by atoms with van der Waals surface area (Å²) in [4.78, 5) is 14.1. The molecule has 1 aromatic rings. The van der Waals surface area contributed by atoms with E-state index in [1.807, 2.05) is 16.8 Å². The number of rotatable bonds is 5. The Morgan fingerprint density at radius 2 is 2.42 bits per heavy atom. The van der Waals surface area contributed by atoms with Gasteiger partial charge in [-0.05, 0) is 12.1 Å². The highest BCUT2D eigenvalue weighted by molar-refractivity contribution is 5.92. The molecule has 0 radical (unpaired) electrons. The summed E-state index contributed by atoms with van der Waals surface area (Å²) >= 11 is 0. The number of aliphatic hydroxyl groups is 1. The van der Waals surface area contributed by atoms with Crippen LogP contribution in [-0.4, -0.2) is 66.5 Å². The number of β-amino-alcohol motifs (C(OH)–C–C–N with tert-alkyl or cyclic N) is 1. The lowest BCUT2D eigenvalue weighted by Crippen LogP contribution is -2.44. The van der Waals surface area contributed by atoms with E-state index in [1.165, 1.54) is 0 Å². The van der Waals surface area contributed by atoms with Crippen LogP contribution < -0.4 is 5.32 Å². The quantitative estimate of drug-likeness (QED) is 0.757. The zero-order chi connectivity index (χ0) is 13.8. The zero-order valence-corrected chi connectivity index (χ0v) is 11.4. The monoisotopic (exact) mass is 267 g/mol. The molecule has 2 heterocycles. The molecule has 0 saturated carbocycles. The SMILES string of the molecule is COCCn1cccc1C(=O)N(C)[C@H]1CNC[C@@H]1O. The van der Waals surface area contributed by atoms with E-state index >= 15 is 0 Å². The topological polar surface area (TPSA) is 66.7 Å². The van der Waals surface area contributed by atoms with Gasteiger partial charge in [0, 0.05) is 40.0 Å². The third kappa shape index (κ3) is 2.97. The number of carbonyl (C=O) groups excluding carboxylic acids is 1. The minimum absolute atomic E-state index is 0.0751. The van der Waals surface area contributed by atoms with Crippen LogP contribution >= 0.6 is 0 Å². The number of aromatic nitrogens is 1. The number of amides is 1. The summed E-state index contributed by atoms with van der Waals surface area (Å²) in [6.45, 7) is 2.37. The predicted molar refractivity (Wildman–Crippen MR) is 71.1 cm³/mol. The molecule has 0 bridgehead atoms. The Morgan fingerprint density at radius 1 is 1.63 bits per heavy atom. The maximum Gasteiger partial charge on any atom is 0.270 e. The summed E-state index contributed by atoms with van der Waals surface area (Å²) in [5.74, 6) is -0.0751. The summed E-state index contributed by atoms with van der Waals surface area (Å²) in [6, 6.07) is 3.47. The number of hydrogen-bond acceptors (Lipinski definition) is 4. The van der Waals surface area contributed by atoms with Crippen molar-refractivity contribution in [2.45, 2.75) is 18.7 Å². The zero-order valence-electron chi connectivity index (χ0n) is 11.4. The van der Waals surface area contributed by atoms with Crippen molar-refractivity contribution in [1.82, 2.24) is 14.8 Å². The molecule has 2 N–H and O–H groups in total. The first kappa shape index (κ1) is 14.0. The minimum atomic E-state index is -0.503. The third-order valence-electron chi connectivity index (χ3n) is 3.55. The molecule has 2 atom stereocenters. The standard InChI is InChI=1S/C13H21N3O3/c1-15(11-8-14-9-12(11)17)13(18)10-4-3-5-16(10)6-7-19-2/h3-5,11-12,14,17H,6-9H2,1-2H3/t11-,12-/m0/s1. The predicted octanol–water partition coefficient (Wildman–Crippen LogP) is -0.461. The Balaban J connectivity index is 2.08. The molecule has 106 valence electrons. The first-order chi connectivity index (χ1) is 9.15. The number of nitrogens with one attached hydrogen (secondary N) is 1. The van der Waals surface area contributed by atoms with E-state index in [9.17, 15) is 9.90 Å². The Bertz CT molecular complexity index is 433. The number of carbonyl (C=O) groups is 1. The largest absolute Gasteiger partial charge is 0.390 e. The Morgan fingerprint density at radius 3 is 3.05 bits per heavy atom. The van der Waals surface area contributed by atoms with Gasteiger partial charge in [0.05, 0.1) is 18.8 Å². The van der Waals surface area contributed by atoms with Gasteiger partial charge in [0.1, 0.15) is 5.69 Å². The van der Waals surface area contributed by atoms with Gasteiger partial charge in [-0.15, -0.1) is 0 Å². The van der Waals surface area contributed by atoms with Crippen molar-refractivity contribution < 1.29 is 14.6 Å². The highest BCUT2D eigenvalue weighted by atomic mass is 16.5. The van der Waals surface area contributed by atoms with Crippen LogP contribution in [0.1, 0.15) is 10.5 Å². The van der Waals surface area contributed by atoms with Crippen LogP contribution in [0.2, 0.25) is 0 Å². The fourth-order valence-electron chi connectivity index (χ4n) is 2.37. The fraction of sp³-hybridized carbons (Fsp3) is 0.615. The van der Waals surface area contributed by atoms with Crippen molar-refractivity contribution in [2.24, 2.45) is 0 Å². The molecule has 1 aromatic heterocycles.